The average molecular weight is 272 g/mol. The van der Waals surface area contributed by atoms with E-state index in [1.807, 2.05) is 0 Å². The number of halogens is 1. The van der Waals surface area contributed by atoms with Crippen molar-refractivity contribution in [2.75, 3.05) is 7.11 Å². The highest BCUT2D eigenvalue weighted by molar-refractivity contribution is 14.1. The fourth-order valence-electron chi connectivity index (χ4n) is 0.518. The van der Waals surface area contributed by atoms with Crippen molar-refractivity contribution >= 4 is 34.9 Å². The van der Waals surface area contributed by atoms with E-state index < -0.39 is 0 Å². The van der Waals surface area contributed by atoms with Crippen molar-refractivity contribution in [1.82, 2.24) is 0 Å². The van der Waals surface area contributed by atoms with E-state index in [1.165, 1.54) is 30.1 Å². The first-order valence-corrected chi connectivity index (χ1v) is 3.97. The second kappa shape index (κ2) is 6.38. The van der Waals surface area contributed by atoms with Gasteiger partial charge in [-0.15, -0.1) is 0 Å². The molecule has 0 spiro atoms. The van der Waals surface area contributed by atoms with Crippen LogP contribution in [0.2, 0.25) is 0 Å². The Morgan fingerprint density at radius 2 is 1.82 bits per heavy atom. The zero-order chi connectivity index (χ0) is 8.69. The van der Waals surface area contributed by atoms with E-state index in [0.717, 1.165) is 0 Å². The number of carbonyl (C=O) groups excluding carboxylic acids is 2. The molecule has 0 rings (SSSR count). The monoisotopic (exact) mass is 272 g/mol. The zero-order valence-electron chi connectivity index (χ0n) is 6.13. The molecule has 0 radical (unpaired) electrons. The Kier molecular flexibility index (Phi) is 6.19. The lowest BCUT2D eigenvalue weighted by atomic mass is 10.2. The van der Waals surface area contributed by atoms with Gasteiger partial charge in [-0.1, -0.05) is 0 Å². The van der Waals surface area contributed by atoms with E-state index >= 15 is 0 Å². The summed E-state index contributed by atoms with van der Waals surface area (Å²) >= 11 is 1.51. The Hall–Kier alpha value is -0.330. The number of carbonyl (C=O) groups is 2. The molecule has 11 heavy (non-hydrogen) atoms. The topological polar surface area (TPSA) is 52.6 Å². The van der Waals surface area contributed by atoms with E-state index in [0.29, 0.717) is 6.42 Å². The van der Waals surface area contributed by atoms with Crippen molar-refractivity contribution in [3.05, 3.63) is 0 Å². The number of hydrogen-bond acceptors (Lipinski definition) is 4. The fraction of sp³-hybridized carbons (Fsp3) is 0.667. The Labute approximate surface area is 78.9 Å². The summed E-state index contributed by atoms with van der Waals surface area (Å²) in [6.45, 7) is 0. The van der Waals surface area contributed by atoms with Crippen molar-refractivity contribution in [2.45, 2.75) is 19.3 Å². The smallest absolute Gasteiger partial charge is 0.315 e. The molecule has 0 amide bonds. The van der Waals surface area contributed by atoms with E-state index in [1.54, 1.807) is 0 Å². The molecular weight excluding hydrogens is 263 g/mol. The fourth-order valence-corrected chi connectivity index (χ4v) is 0.738. The maximum atomic E-state index is 10.5. The normalized spacial score (nSPS) is 8.91. The zero-order valence-corrected chi connectivity index (χ0v) is 8.29. The lowest BCUT2D eigenvalue weighted by Gasteiger charge is -1.96. The van der Waals surface area contributed by atoms with Crippen LogP contribution in [0.25, 0.3) is 0 Å². The maximum absolute atomic E-state index is 10.5. The molecule has 0 atom stereocenters. The second-order valence-corrected chi connectivity index (χ2v) is 2.32. The van der Waals surface area contributed by atoms with Crippen LogP contribution >= 0.6 is 23.0 Å². The van der Waals surface area contributed by atoms with Crippen LogP contribution in [0, 0.1) is 0 Å². The van der Waals surface area contributed by atoms with Crippen LogP contribution in [0.5, 0.6) is 0 Å². The summed E-state index contributed by atoms with van der Waals surface area (Å²) in [5.74, 6) is -0.610. The van der Waals surface area contributed by atoms with Crippen molar-refractivity contribution in [3.63, 3.8) is 0 Å². The number of methoxy groups -OCH3 is 1. The molecule has 0 aromatic rings. The Morgan fingerprint density at radius 3 is 2.27 bits per heavy atom. The van der Waals surface area contributed by atoms with Gasteiger partial charge in [0, 0.05) is 12.8 Å². The van der Waals surface area contributed by atoms with Crippen LogP contribution in [0.1, 0.15) is 19.3 Å². The van der Waals surface area contributed by atoms with Gasteiger partial charge in [0.25, 0.3) is 0 Å². The molecule has 0 aliphatic rings. The van der Waals surface area contributed by atoms with Gasteiger partial charge in [0.05, 0.1) is 7.11 Å². The molecule has 0 saturated carbocycles. The van der Waals surface area contributed by atoms with Gasteiger partial charge in [0.1, 0.15) is 0 Å². The number of esters is 1. The molecular formula is C6H9IO4. The quantitative estimate of drug-likeness (QED) is 0.570. The van der Waals surface area contributed by atoms with Gasteiger partial charge in [-0.25, -0.2) is 0 Å². The summed E-state index contributed by atoms with van der Waals surface area (Å²) < 4.78 is 8.72. The molecule has 0 aliphatic carbocycles. The molecule has 64 valence electrons. The molecule has 5 heteroatoms. The van der Waals surface area contributed by atoms with Gasteiger partial charge in [0.2, 0.25) is 0 Å². The average Bonchev–Trinajstić information content (AvgIpc) is 2.04. The van der Waals surface area contributed by atoms with Crippen molar-refractivity contribution < 1.29 is 17.4 Å². The Balaban J connectivity index is 3.27. The van der Waals surface area contributed by atoms with Crippen molar-refractivity contribution in [1.29, 1.82) is 0 Å². The molecule has 0 aliphatic heterocycles. The van der Waals surface area contributed by atoms with E-state index in [2.05, 4.69) is 7.80 Å². The molecule has 0 fully saturated rings. The van der Waals surface area contributed by atoms with E-state index in [4.69, 9.17) is 0 Å². The third-order valence-corrected chi connectivity index (χ3v) is 1.57. The molecule has 0 unspecified atom stereocenters. The molecule has 0 N–H and O–H groups in total. The summed E-state index contributed by atoms with van der Waals surface area (Å²) in [4.78, 5) is 21.0. The second-order valence-electron chi connectivity index (χ2n) is 1.88. The van der Waals surface area contributed by atoms with Crippen LogP contribution in [-0.2, 0) is 17.4 Å². The van der Waals surface area contributed by atoms with Crippen LogP contribution in [0.3, 0.4) is 0 Å². The van der Waals surface area contributed by atoms with E-state index in [9.17, 15) is 9.59 Å². The summed E-state index contributed by atoms with van der Waals surface area (Å²) in [6.07, 6.45) is 1.01. The SMILES string of the molecule is COC(=O)CCCC(=O)OI. The van der Waals surface area contributed by atoms with Gasteiger partial charge in [-0.3, -0.25) is 9.59 Å². The highest BCUT2D eigenvalue weighted by Crippen LogP contribution is 2.00. The maximum Gasteiger partial charge on any atom is 0.315 e. The Bertz CT molecular complexity index is 130. The van der Waals surface area contributed by atoms with Crippen LogP contribution < -0.4 is 0 Å². The van der Waals surface area contributed by atoms with Gasteiger partial charge >= 0.3 is 11.9 Å². The minimum Gasteiger partial charge on any atom is -0.469 e. The standard InChI is InChI=1S/C6H9IO4/c1-10-5(8)3-2-4-6(9)11-7/h2-4H2,1H3. The third-order valence-electron chi connectivity index (χ3n) is 1.08. The minimum atomic E-state index is -0.311. The lowest BCUT2D eigenvalue weighted by molar-refractivity contribution is -0.140. The number of ether oxygens (including phenoxy) is 1. The summed E-state index contributed by atoms with van der Waals surface area (Å²) in [5.41, 5.74) is 0. The van der Waals surface area contributed by atoms with Crippen LogP contribution in [0.4, 0.5) is 0 Å². The summed E-state index contributed by atoms with van der Waals surface area (Å²) in [7, 11) is 1.32. The van der Waals surface area contributed by atoms with Crippen LogP contribution in [-0.4, -0.2) is 19.0 Å². The highest BCUT2D eigenvalue weighted by atomic mass is 127. The largest absolute Gasteiger partial charge is 0.469 e. The van der Waals surface area contributed by atoms with Crippen molar-refractivity contribution in [2.24, 2.45) is 0 Å². The third kappa shape index (κ3) is 6.08. The van der Waals surface area contributed by atoms with Crippen LogP contribution in [0.15, 0.2) is 0 Å². The first-order valence-electron chi connectivity index (χ1n) is 3.09. The number of rotatable bonds is 4. The predicted molar refractivity (Wildman–Crippen MR) is 46.0 cm³/mol. The molecule has 4 nitrogen and oxygen atoms in total. The predicted octanol–water partition coefficient (Wildman–Crippen LogP) is 1.22. The lowest BCUT2D eigenvalue weighted by Crippen LogP contribution is -2.02. The number of hydrogen-bond donors (Lipinski definition) is 0. The Morgan fingerprint density at radius 1 is 1.27 bits per heavy atom. The highest BCUT2D eigenvalue weighted by Gasteiger charge is 2.04. The van der Waals surface area contributed by atoms with Crippen molar-refractivity contribution in [3.8, 4) is 0 Å². The minimum absolute atomic E-state index is 0.262. The van der Waals surface area contributed by atoms with Gasteiger partial charge in [-0.2, -0.15) is 0 Å². The van der Waals surface area contributed by atoms with Gasteiger partial charge < -0.3 is 7.80 Å². The molecule has 0 bridgehead atoms. The van der Waals surface area contributed by atoms with Gasteiger partial charge in [-0.05, 0) is 6.42 Å². The first kappa shape index (κ1) is 10.7. The molecule has 0 aromatic heterocycles. The molecule has 0 aromatic carbocycles. The summed E-state index contributed by atoms with van der Waals surface area (Å²) in [5, 5.41) is 0. The van der Waals surface area contributed by atoms with E-state index in [-0.39, 0.29) is 24.8 Å². The first-order chi connectivity index (χ1) is 5.20. The molecule has 0 heterocycles. The van der Waals surface area contributed by atoms with Gasteiger partial charge in [0.15, 0.2) is 23.0 Å². The summed E-state index contributed by atoms with van der Waals surface area (Å²) in [6, 6.07) is 0. The molecule has 0 saturated heterocycles.